The fourth-order valence-electron chi connectivity index (χ4n) is 2.79. The van der Waals surface area contributed by atoms with E-state index in [1.54, 1.807) is 0 Å². The van der Waals surface area contributed by atoms with Crippen molar-refractivity contribution in [3.8, 4) is 0 Å². The lowest BCUT2D eigenvalue weighted by Gasteiger charge is -2.34. The van der Waals surface area contributed by atoms with Gasteiger partial charge in [-0.1, -0.05) is 13.8 Å². The molecule has 1 aromatic rings. The third-order valence-electron chi connectivity index (χ3n) is 4.17. The number of rotatable bonds is 5. The van der Waals surface area contributed by atoms with Crippen LogP contribution in [-0.4, -0.2) is 34.5 Å². The van der Waals surface area contributed by atoms with Crippen molar-refractivity contribution in [2.45, 2.75) is 52.2 Å². The van der Waals surface area contributed by atoms with Gasteiger partial charge in [0.1, 0.15) is 0 Å². The topological polar surface area (TPSA) is 37.3 Å². The maximum Gasteiger partial charge on any atom is 0.234 e. The average molecular weight is 263 g/mol. The van der Waals surface area contributed by atoms with Crippen molar-refractivity contribution in [1.82, 2.24) is 14.8 Å². The molecule has 2 rings (SSSR count). The Labute approximate surface area is 115 Å². The Hall–Kier alpha value is -1.29. The highest BCUT2D eigenvalue weighted by atomic mass is 16.2. The van der Waals surface area contributed by atoms with E-state index in [-0.39, 0.29) is 5.91 Å². The summed E-state index contributed by atoms with van der Waals surface area (Å²) in [6, 6.07) is 4.86. The predicted octanol–water partition coefficient (Wildman–Crippen LogP) is 2.17. The van der Waals surface area contributed by atoms with Crippen molar-refractivity contribution in [3.05, 3.63) is 24.0 Å². The summed E-state index contributed by atoms with van der Waals surface area (Å²) in [5.41, 5.74) is 1.31. The van der Waals surface area contributed by atoms with Gasteiger partial charge in [-0.05, 0) is 31.9 Å². The van der Waals surface area contributed by atoms with E-state index in [4.69, 9.17) is 0 Å². The quantitative estimate of drug-likeness (QED) is 0.884. The van der Waals surface area contributed by atoms with Gasteiger partial charge in [-0.3, -0.25) is 9.69 Å². The van der Waals surface area contributed by atoms with Crippen LogP contribution in [0.5, 0.6) is 0 Å². The summed E-state index contributed by atoms with van der Waals surface area (Å²) in [6.07, 6.45) is 4.12. The number of aromatic nitrogens is 1. The first-order valence-corrected chi connectivity index (χ1v) is 7.34. The highest BCUT2D eigenvalue weighted by molar-refractivity contribution is 5.78. The molecule has 1 aromatic heterocycles. The van der Waals surface area contributed by atoms with Gasteiger partial charge < -0.3 is 9.88 Å². The first kappa shape index (κ1) is 14.1. The van der Waals surface area contributed by atoms with E-state index in [0.29, 0.717) is 18.6 Å². The molecule has 0 radical (unpaired) electrons. The minimum atomic E-state index is 0.153. The third kappa shape index (κ3) is 3.18. The summed E-state index contributed by atoms with van der Waals surface area (Å²) in [5, 5.41) is 3.11. The Bertz CT molecular complexity index is 423. The SMILES string of the molecule is CCC(CC)NC(=O)CN1CCn2cccc2C1C. The number of hydrogen-bond donors (Lipinski definition) is 1. The molecular weight excluding hydrogens is 238 g/mol. The van der Waals surface area contributed by atoms with Crippen LogP contribution in [0.4, 0.5) is 0 Å². The third-order valence-corrected chi connectivity index (χ3v) is 4.17. The Balaban J connectivity index is 1.92. The summed E-state index contributed by atoms with van der Waals surface area (Å²) in [7, 11) is 0. The second-order valence-corrected chi connectivity index (χ2v) is 5.35. The minimum Gasteiger partial charge on any atom is -0.352 e. The molecule has 2 heterocycles. The van der Waals surface area contributed by atoms with Crippen LogP contribution in [0.25, 0.3) is 0 Å². The number of nitrogens with one attached hydrogen (secondary N) is 1. The van der Waals surface area contributed by atoms with Crippen LogP contribution in [0.1, 0.15) is 45.3 Å². The monoisotopic (exact) mass is 263 g/mol. The molecule has 1 aliphatic heterocycles. The number of carbonyl (C=O) groups is 1. The molecule has 0 aliphatic carbocycles. The lowest BCUT2D eigenvalue weighted by atomic mass is 10.1. The molecule has 19 heavy (non-hydrogen) atoms. The van der Waals surface area contributed by atoms with Crippen LogP contribution >= 0.6 is 0 Å². The Morgan fingerprint density at radius 2 is 2.16 bits per heavy atom. The second kappa shape index (κ2) is 6.24. The molecule has 0 aromatic carbocycles. The summed E-state index contributed by atoms with van der Waals surface area (Å²) in [4.78, 5) is 14.3. The first-order valence-electron chi connectivity index (χ1n) is 7.34. The highest BCUT2D eigenvalue weighted by Crippen LogP contribution is 2.24. The van der Waals surface area contributed by atoms with E-state index in [9.17, 15) is 4.79 Å². The molecule has 1 amide bonds. The molecule has 0 fully saturated rings. The van der Waals surface area contributed by atoms with E-state index in [1.165, 1.54) is 5.69 Å². The van der Waals surface area contributed by atoms with Crippen LogP contribution in [-0.2, 0) is 11.3 Å². The van der Waals surface area contributed by atoms with Crippen LogP contribution in [0, 0.1) is 0 Å². The molecule has 106 valence electrons. The zero-order chi connectivity index (χ0) is 13.8. The fraction of sp³-hybridized carbons (Fsp3) is 0.667. The summed E-state index contributed by atoms with van der Waals surface area (Å²) < 4.78 is 2.28. The van der Waals surface area contributed by atoms with Crippen molar-refractivity contribution in [2.24, 2.45) is 0 Å². The summed E-state index contributed by atoms with van der Waals surface area (Å²) >= 11 is 0. The number of fused-ring (bicyclic) bond motifs is 1. The molecule has 0 saturated heterocycles. The number of nitrogens with zero attached hydrogens (tertiary/aromatic N) is 2. The van der Waals surface area contributed by atoms with Crippen LogP contribution in [0.15, 0.2) is 18.3 Å². The Kier molecular flexibility index (Phi) is 4.64. The molecule has 0 spiro atoms. The molecular formula is C15H25N3O. The molecule has 0 bridgehead atoms. The van der Waals surface area contributed by atoms with Crippen LogP contribution in [0.2, 0.25) is 0 Å². The van der Waals surface area contributed by atoms with E-state index in [2.05, 4.69) is 53.9 Å². The molecule has 4 nitrogen and oxygen atoms in total. The van der Waals surface area contributed by atoms with Gasteiger partial charge in [-0.25, -0.2) is 0 Å². The standard InChI is InChI=1S/C15H25N3O/c1-4-13(5-2)16-15(19)11-18-10-9-17-8-6-7-14(17)12(18)3/h6-8,12-13H,4-5,9-11H2,1-3H3,(H,16,19). The smallest absolute Gasteiger partial charge is 0.234 e. The van der Waals surface area contributed by atoms with Gasteiger partial charge in [0.15, 0.2) is 0 Å². The molecule has 0 saturated carbocycles. The largest absolute Gasteiger partial charge is 0.352 e. The molecule has 4 heteroatoms. The van der Waals surface area contributed by atoms with E-state index in [0.717, 1.165) is 25.9 Å². The van der Waals surface area contributed by atoms with Crippen molar-refractivity contribution in [2.75, 3.05) is 13.1 Å². The van der Waals surface area contributed by atoms with Crippen molar-refractivity contribution < 1.29 is 4.79 Å². The first-order chi connectivity index (χ1) is 9.15. The fourth-order valence-corrected chi connectivity index (χ4v) is 2.79. The lowest BCUT2D eigenvalue weighted by molar-refractivity contribution is -0.123. The van der Waals surface area contributed by atoms with Crippen LogP contribution in [0.3, 0.4) is 0 Å². The molecule has 1 unspecified atom stereocenters. The zero-order valence-electron chi connectivity index (χ0n) is 12.2. The normalized spacial score (nSPS) is 19.5. The summed E-state index contributed by atoms with van der Waals surface area (Å²) in [5.74, 6) is 0.153. The summed E-state index contributed by atoms with van der Waals surface area (Å²) in [6.45, 7) is 8.83. The van der Waals surface area contributed by atoms with Crippen LogP contribution < -0.4 is 5.32 Å². The van der Waals surface area contributed by atoms with Gasteiger partial charge >= 0.3 is 0 Å². The number of hydrogen-bond acceptors (Lipinski definition) is 2. The molecule has 1 N–H and O–H groups in total. The van der Waals surface area contributed by atoms with Gasteiger partial charge in [0.05, 0.1) is 6.54 Å². The Morgan fingerprint density at radius 3 is 2.84 bits per heavy atom. The number of amides is 1. The maximum absolute atomic E-state index is 12.1. The van der Waals surface area contributed by atoms with Gasteiger partial charge in [0.25, 0.3) is 0 Å². The van der Waals surface area contributed by atoms with Gasteiger partial charge in [0, 0.05) is 37.1 Å². The zero-order valence-corrected chi connectivity index (χ0v) is 12.2. The minimum absolute atomic E-state index is 0.153. The van der Waals surface area contributed by atoms with Crippen molar-refractivity contribution in [1.29, 1.82) is 0 Å². The van der Waals surface area contributed by atoms with E-state index in [1.807, 2.05) is 0 Å². The highest BCUT2D eigenvalue weighted by Gasteiger charge is 2.25. The van der Waals surface area contributed by atoms with Crippen molar-refractivity contribution in [3.63, 3.8) is 0 Å². The number of carbonyl (C=O) groups excluding carboxylic acids is 1. The van der Waals surface area contributed by atoms with Gasteiger partial charge in [-0.2, -0.15) is 0 Å². The van der Waals surface area contributed by atoms with E-state index < -0.39 is 0 Å². The average Bonchev–Trinajstić information content (AvgIpc) is 2.88. The second-order valence-electron chi connectivity index (χ2n) is 5.35. The molecule has 1 aliphatic rings. The van der Waals surface area contributed by atoms with Gasteiger partial charge in [-0.15, -0.1) is 0 Å². The van der Waals surface area contributed by atoms with Gasteiger partial charge in [0.2, 0.25) is 5.91 Å². The van der Waals surface area contributed by atoms with Crippen molar-refractivity contribution >= 4 is 5.91 Å². The lowest BCUT2D eigenvalue weighted by Crippen LogP contribution is -2.45. The molecule has 1 atom stereocenters. The predicted molar refractivity (Wildman–Crippen MR) is 76.9 cm³/mol. The van der Waals surface area contributed by atoms with E-state index >= 15 is 0 Å². The maximum atomic E-state index is 12.1. The Morgan fingerprint density at radius 1 is 1.42 bits per heavy atom.